The van der Waals surface area contributed by atoms with Gasteiger partial charge in [0.05, 0.1) is 0 Å². The highest BCUT2D eigenvalue weighted by molar-refractivity contribution is 5.54. The summed E-state index contributed by atoms with van der Waals surface area (Å²) >= 11 is 0. The van der Waals surface area contributed by atoms with Gasteiger partial charge in [0.1, 0.15) is 0 Å². The van der Waals surface area contributed by atoms with Gasteiger partial charge in [0.25, 0.3) is 5.89 Å². The van der Waals surface area contributed by atoms with Crippen molar-refractivity contribution in [3.8, 4) is 11.5 Å². The molecule has 0 saturated carbocycles. The molecular formula is C16H16N4O. The van der Waals surface area contributed by atoms with E-state index >= 15 is 0 Å². The topological polar surface area (TPSA) is 77.8 Å². The lowest BCUT2D eigenvalue weighted by Gasteiger charge is -2.00. The smallest absolute Gasteiger partial charge is 0.257 e. The average molecular weight is 280 g/mol. The lowest BCUT2D eigenvalue weighted by atomic mass is 10.1. The minimum atomic E-state index is 0.535. The second kappa shape index (κ2) is 6.28. The third kappa shape index (κ3) is 3.32. The molecule has 0 bridgehead atoms. The van der Waals surface area contributed by atoms with Crippen LogP contribution < -0.4 is 5.73 Å². The number of rotatable bonds is 5. The molecule has 3 aromatic rings. The number of nitrogens with zero attached hydrogens (tertiary/aromatic N) is 3. The predicted molar refractivity (Wildman–Crippen MR) is 79.5 cm³/mol. The van der Waals surface area contributed by atoms with Gasteiger partial charge in [-0.3, -0.25) is 4.98 Å². The number of nitrogens with two attached hydrogens (primary N) is 1. The quantitative estimate of drug-likeness (QED) is 0.775. The molecule has 1 aromatic carbocycles. The van der Waals surface area contributed by atoms with Crippen LogP contribution in [0.5, 0.6) is 0 Å². The summed E-state index contributed by atoms with van der Waals surface area (Å²) in [5, 5.41) is 4.02. The summed E-state index contributed by atoms with van der Waals surface area (Å²) in [5.41, 5.74) is 8.73. The van der Waals surface area contributed by atoms with Gasteiger partial charge in [-0.2, -0.15) is 4.98 Å². The van der Waals surface area contributed by atoms with Crippen LogP contribution in [-0.2, 0) is 12.8 Å². The summed E-state index contributed by atoms with van der Waals surface area (Å²) in [6.45, 7) is 0.625. The lowest BCUT2D eigenvalue weighted by molar-refractivity contribution is 0.424. The van der Waals surface area contributed by atoms with Gasteiger partial charge in [-0.05, 0) is 42.3 Å². The molecule has 0 aliphatic heterocycles. The van der Waals surface area contributed by atoms with Crippen molar-refractivity contribution >= 4 is 0 Å². The third-order valence-corrected chi connectivity index (χ3v) is 3.16. The fourth-order valence-electron chi connectivity index (χ4n) is 2.15. The number of hydrogen-bond donors (Lipinski definition) is 1. The van der Waals surface area contributed by atoms with Gasteiger partial charge < -0.3 is 10.3 Å². The highest BCUT2D eigenvalue weighted by atomic mass is 16.5. The molecule has 0 fully saturated rings. The van der Waals surface area contributed by atoms with Gasteiger partial charge in [-0.1, -0.05) is 23.4 Å². The molecule has 0 amide bonds. The molecule has 2 N–H and O–H groups in total. The molecule has 0 spiro atoms. The van der Waals surface area contributed by atoms with E-state index in [9.17, 15) is 0 Å². The Morgan fingerprint density at radius 1 is 1.10 bits per heavy atom. The predicted octanol–water partition coefficient (Wildman–Crippen LogP) is 2.22. The zero-order chi connectivity index (χ0) is 14.5. The van der Waals surface area contributed by atoms with E-state index in [0.717, 1.165) is 17.5 Å². The number of benzene rings is 1. The van der Waals surface area contributed by atoms with Crippen molar-refractivity contribution in [3.05, 3.63) is 65.7 Å². The molecule has 2 heterocycles. The van der Waals surface area contributed by atoms with Gasteiger partial charge in [-0.25, -0.2) is 0 Å². The molecule has 2 aromatic heterocycles. The molecule has 5 heteroatoms. The minimum Gasteiger partial charge on any atom is -0.334 e. The van der Waals surface area contributed by atoms with Crippen LogP contribution in [0, 0.1) is 0 Å². The van der Waals surface area contributed by atoms with Crippen molar-refractivity contribution in [1.29, 1.82) is 0 Å². The maximum absolute atomic E-state index is 5.58. The van der Waals surface area contributed by atoms with E-state index < -0.39 is 0 Å². The summed E-state index contributed by atoms with van der Waals surface area (Å²) in [5.74, 6) is 1.19. The van der Waals surface area contributed by atoms with Crippen molar-refractivity contribution < 1.29 is 4.52 Å². The van der Waals surface area contributed by atoms with Gasteiger partial charge in [0.2, 0.25) is 0 Å². The molecule has 106 valence electrons. The first-order valence-corrected chi connectivity index (χ1v) is 6.86. The summed E-state index contributed by atoms with van der Waals surface area (Å²) in [6, 6.07) is 11.9. The third-order valence-electron chi connectivity index (χ3n) is 3.16. The Kier molecular flexibility index (Phi) is 4.02. The molecule has 0 atom stereocenters. The zero-order valence-corrected chi connectivity index (χ0v) is 11.6. The molecule has 21 heavy (non-hydrogen) atoms. The normalized spacial score (nSPS) is 10.7. The highest BCUT2D eigenvalue weighted by Gasteiger charge is 2.09. The number of aromatic nitrogens is 3. The Morgan fingerprint density at radius 3 is 2.81 bits per heavy atom. The second-order valence-electron chi connectivity index (χ2n) is 4.79. The van der Waals surface area contributed by atoms with Crippen molar-refractivity contribution in [1.82, 2.24) is 15.1 Å². The first-order valence-electron chi connectivity index (χ1n) is 6.86. The van der Waals surface area contributed by atoms with Crippen molar-refractivity contribution in [2.75, 3.05) is 6.54 Å². The molecule has 0 aliphatic carbocycles. The van der Waals surface area contributed by atoms with Crippen LogP contribution in [0.3, 0.4) is 0 Å². The monoisotopic (exact) mass is 280 g/mol. The summed E-state index contributed by atoms with van der Waals surface area (Å²) in [6.07, 6.45) is 5.00. The van der Waals surface area contributed by atoms with E-state index in [-0.39, 0.29) is 0 Å². The molecule has 0 unspecified atom stereocenters. The Morgan fingerprint density at radius 2 is 2.00 bits per heavy atom. The highest BCUT2D eigenvalue weighted by Crippen LogP contribution is 2.19. The maximum Gasteiger partial charge on any atom is 0.257 e. The fourth-order valence-corrected chi connectivity index (χ4v) is 2.15. The van der Waals surface area contributed by atoms with E-state index in [4.69, 9.17) is 10.3 Å². The summed E-state index contributed by atoms with van der Waals surface area (Å²) < 4.78 is 5.34. The van der Waals surface area contributed by atoms with Crippen LogP contribution in [-0.4, -0.2) is 21.7 Å². The number of pyridine rings is 1. The van der Waals surface area contributed by atoms with Gasteiger partial charge in [0.15, 0.2) is 5.82 Å². The van der Waals surface area contributed by atoms with Crippen LogP contribution in [0.25, 0.3) is 11.5 Å². The largest absolute Gasteiger partial charge is 0.334 e. The van der Waals surface area contributed by atoms with E-state index in [1.165, 1.54) is 5.56 Å². The molecule has 3 rings (SSSR count). The van der Waals surface area contributed by atoms with Crippen LogP contribution in [0.2, 0.25) is 0 Å². The standard InChI is InChI=1S/C16H16N4O/c17-7-6-12-3-1-5-14(9-12)16-19-15(20-21-16)10-13-4-2-8-18-11-13/h1-5,8-9,11H,6-7,10,17H2. The SMILES string of the molecule is NCCc1cccc(-c2nc(Cc3cccnc3)no2)c1. The van der Waals surface area contributed by atoms with Crippen LogP contribution in [0.1, 0.15) is 17.0 Å². The molecule has 5 nitrogen and oxygen atoms in total. The molecule has 0 aliphatic rings. The van der Waals surface area contributed by atoms with Crippen LogP contribution in [0.4, 0.5) is 0 Å². The van der Waals surface area contributed by atoms with E-state index in [0.29, 0.717) is 24.7 Å². The lowest BCUT2D eigenvalue weighted by Crippen LogP contribution is -2.02. The summed E-state index contributed by atoms with van der Waals surface area (Å²) in [4.78, 5) is 8.52. The molecular weight excluding hydrogens is 264 g/mol. The van der Waals surface area contributed by atoms with Crippen LogP contribution in [0.15, 0.2) is 53.3 Å². The Bertz CT molecular complexity index is 709. The van der Waals surface area contributed by atoms with E-state index in [2.05, 4.69) is 15.1 Å². The van der Waals surface area contributed by atoms with Crippen molar-refractivity contribution in [3.63, 3.8) is 0 Å². The second-order valence-corrected chi connectivity index (χ2v) is 4.79. The Balaban J connectivity index is 1.80. The Labute approximate surface area is 122 Å². The summed E-state index contributed by atoms with van der Waals surface area (Å²) in [7, 11) is 0. The Hall–Kier alpha value is -2.53. The van der Waals surface area contributed by atoms with E-state index in [1.807, 2.05) is 36.4 Å². The molecule has 0 saturated heterocycles. The fraction of sp³-hybridized carbons (Fsp3) is 0.188. The first kappa shape index (κ1) is 13.5. The van der Waals surface area contributed by atoms with Gasteiger partial charge >= 0.3 is 0 Å². The maximum atomic E-state index is 5.58. The zero-order valence-electron chi connectivity index (χ0n) is 11.6. The first-order chi connectivity index (χ1) is 10.3. The van der Waals surface area contributed by atoms with Crippen molar-refractivity contribution in [2.45, 2.75) is 12.8 Å². The van der Waals surface area contributed by atoms with Crippen LogP contribution >= 0.6 is 0 Å². The number of hydrogen-bond acceptors (Lipinski definition) is 5. The minimum absolute atomic E-state index is 0.535. The van der Waals surface area contributed by atoms with Gasteiger partial charge in [0, 0.05) is 24.4 Å². The van der Waals surface area contributed by atoms with Gasteiger partial charge in [-0.15, -0.1) is 0 Å². The average Bonchev–Trinajstić information content (AvgIpc) is 2.97. The van der Waals surface area contributed by atoms with Crippen molar-refractivity contribution in [2.24, 2.45) is 5.73 Å². The molecule has 0 radical (unpaired) electrons. The van der Waals surface area contributed by atoms with E-state index in [1.54, 1.807) is 12.4 Å².